The monoisotopic (exact) mass is 281 g/mol. The largest absolute Gasteiger partial charge is 0.338 e. The molecule has 0 fully saturated rings. The molecule has 4 aromatic rings. The van der Waals surface area contributed by atoms with Crippen molar-refractivity contribution in [3.63, 3.8) is 0 Å². The Morgan fingerprint density at radius 2 is 1.76 bits per heavy atom. The number of benzene rings is 2. The van der Waals surface area contributed by atoms with Crippen molar-refractivity contribution in [3.05, 3.63) is 60.3 Å². The number of imidazole rings is 1. The minimum Gasteiger partial charge on any atom is -0.338 e. The fraction of sp³-hybridized carbons (Fsp3) is 0. The number of H-pyrrole nitrogens is 1. The standard InChI is InChI=1S/C16H9F2N3/c17-11-7-14-15(8-12(11)18)21-16(20-14)10-3-4-13-9(6-10)2-1-5-19-13/h1-8H,(H,20,21). The molecule has 0 saturated heterocycles. The van der Waals surface area contributed by atoms with Crippen molar-refractivity contribution >= 4 is 21.9 Å². The number of hydrogen-bond donors (Lipinski definition) is 1. The highest BCUT2D eigenvalue weighted by Gasteiger charge is 2.10. The van der Waals surface area contributed by atoms with E-state index in [0.29, 0.717) is 16.9 Å². The molecule has 0 saturated carbocycles. The van der Waals surface area contributed by atoms with Crippen LogP contribution in [0.3, 0.4) is 0 Å². The van der Waals surface area contributed by atoms with Gasteiger partial charge < -0.3 is 4.98 Å². The molecule has 2 aromatic heterocycles. The molecule has 0 aliphatic heterocycles. The molecule has 0 amide bonds. The third-order valence-electron chi connectivity index (χ3n) is 3.40. The van der Waals surface area contributed by atoms with E-state index in [4.69, 9.17) is 0 Å². The summed E-state index contributed by atoms with van der Waals surface area (Å²) in [5, 5.41) is 0.979. The molecule has 2 heterocycles. The van der Waals surface area contributed by atoms with E-state index < -0.39 is 11.6 Å². The fourth-order valence-electron chi connectivity index (χ4n) is 2.36. The maximum atomic E-state index is 13.2. The Hall–Kier alpha value is -2.82. The molecule has 3 nitrogen and oxygen atoms in total. The van der Waals surface area contributed by atoms with Gasteiger partial charge in [-0.3, -0.25) is 4.98 Å². The van der Waals surface area contributed by atoms with Crippen molar-refractivity contribution in [1.29, 1.82) is 0 Å². The molecule has 5 heteroatoms. The lowest BCUT2D eigenvalue weighted by Crippen LogP contribution is -1.82. The van der Waals surface area contributed by atoms with Gasteiger partial charge in [-0.25, -0.2) is 13.8 Å². The van der Waals surface area contributed by atoms with E-state index in [-0.39, 0.29) is 0 Å². The summed E-state index contributed by atoms with van der Waals surface area (Å²) in [6.07, 6.45) is 1.73. The van der Waals surface area contributed by atoms with Gasteiger partial charge in [0.15, 0.2) is 11.6 Å². The number of nitrogens with one attached hydrogen (secondary N) is 1. The van der Waals surface area contributed by atoms with Crippen LogP contribution in [0.15, 0.2) is 48.7 Å². The molecule has 0 bridgehead atoms. The molecule has 1 N–H and O–H groups in total. The molecule has 2 aromatic carbocycles. The lowest BCUT2D eigenvalue weighted by atomic mass is 10.1. The van der Waals surface area contributed by atoms with Gasteiger partial charge >= 0.3 is 0 Å². The van der Waals surface area contributed by atoms with Crippen LogP contribution in [0.25, 0.3) is 33.3 Å². The average Bonchev–Trinajstić information content (AvgIpc) is 2.90. The molecule has 0 spiro atoms. The van der Waals surface area contributed by atoms with Crippen LogP contribution < -0.4 is 0 Å². The topological polar surface area (TPSA) is 41.6 Å². The highest BCUT2D eigenvalue weighted by atomic mass is 19.2. The van der Waals surface area contributed by atoms with Crippen LogP contribution in [0.1, 0.15) is 0 Å². The zero-order valence-electron chi connectivity index (χ0n) is 10.8. The summed E-state index contributed by atoms with van der Waals surface area (Å²) in [7, 11) is 0. The van der Waals surface area contributed by atoms with E-state index in [9.17, 15) is 8.78 Å². The van der Waals surface area contributed by atoms with E-state index >= 15 is 0 Å². The number of halogens is 2. The number of nitrogens with zero attached hydrogens (tertiary/aromatic N) is 2. The van der Waals surface area contributed by atoms with Gasteiger partial charge in [-0.1, -0.05) is 6.07 Å². The SMILES string of the molecule is Fc1cc2nc(-c3ccc4ncccc4c3)[nH]c2cc1F. The van der Waals surface area contributed by atoms with Gasteiger partial charge in [-0.15, -0.1) is 0 Å². The van der Waals surface area contributed by atoms with Gasteiger partial charge in [0.1, 0.15) is 5.82 Å². The molecule has 102 valence electrons. The number of rotatable bonds is 1. The van der Waals surface area contributed by atoms with Crippen LogP contribution in [-0.2, 0) is 0 Å². The molecule has 0 unspecified atom stereocenters. The summed E-state index contributed by atoms with van der Waals surface area (Å²) in [5.74, 6) is -1.22. The fourth-order valence-corrected chi connectivity index (χ4v) is 2.36. The molecule has 0 atom stereocenters. The molecular formula is C16H9F2N3. The van der Waals surface area contributed by atoms with Gasteiger partial charge in [0.25, 0.3) is 0 Å². The summed E-state index contributed by atoms with van der Waals surface area (Å²) in [5.41, 5.74) is 2.59. The van der Waals surface area contributed by atoms with Crippen LogP contribution >= 0.6 is 0 Å². The molecule has 0 radical (unpaired) electrons. The first-order valence-corrected chi connectivity index (χ1v) is 6.41. The van der Waals surface area contributed by atoms with E-state index in [1.165, 1.54) is 0 Å². The van der Waals surface area contributed by atoms with Crippen molar-refractivity contribution in [1.82, 2.24) is 15.0 Å². The minimum absolute atomic E-state index is 0.398. The number of aromatic amines is 1. The number of hydrogen-bond acceptors (Lipinski definition) is 2. The summed E-state index contributed by atoms with van der Waals surface area (Å²) in [6.45, 7) is 0. The predicted molar refractivity (Wildman–Crippen MR) is 76.7 cm³/mol. The second-order valence-corrected chi connectivity index (χ2v) is 4.78. The van der Waals surface area contributed by atoms with E-state index in [2.05, 4.69) is 15.0 Å². The van der Waals surface area contributed by atoms with Crippen molar-refractivity contribution in [2.24, 2.45) is 0 Å². The highest BCUT2D eigenvalue weighted by Crippen LogP contribution is 2.24. The predicted octanol–water partition coefficient (Wildman–Crippen LogP) is 4.06. The van der Waals surface area contributed by atoms with Crippen LogP contribution in [0, 0.1) is 11.6 Å². The third kappa shape index (κ3) is 1.94. The number of aromatic nitrogens is 3. The number of pyridine rings is 1. The molecular weight excluding hydrogens is 272 g/mol. The van der Waals surface area contributed by atoms with Crippen LogP contribution in [0.2, 0.25) is 0 Å². The van der Waals surface area contributed by atoms with Gasteiger partial charge in [-0.2, -0.15) is 0 Å². The maximum absolute atomic E-state index is 13.2. The summed E-state index contributed by atoms with van der Waals surface area (Å²) in [4.78, 5) is 11.6. The highest BCUT2D eigenvalue weighted by molar-refractivity contribution is 5.85. The van der Waals surface area contributed by atoms with Gasteiger partial charge in [0, 0.05) is 29.3 Å². The Morgan fingerprint density at radius 3 is 2.67 bits per heavy atom. The van der Waals surface area contributed by atoms with Gasteiger partial charge in [0.05, 0.1) is 16.6 Å². The first-order chi connectivity index (χ1) is 10.2. The summed E-state index contributed by atoms with van der Waals surface area (Å²) in [6, 6.07) is 11.7. The zero-order valence-corrected chi connectivity index (χ0v) is 10.8. The van der Waals surface area contributed by atoms with Gasteiger partial charge in [-0.05, 0) is 24.3 Å². The quantitative estimate of drug-likeness (QED) is 0.571. The Morgan fingerprint density at radius 1 is 0.905 bits per heavy atom. The smallest absolute Gasteiger partial charge is 0.161 e. The first-order valence-electron chi connectivity index (χ1n) is 6.41. The van der Waals surface area contributed by atoms with E-state index in [1.54, 1.807) is 6.20 Å². The minimum atomic E-state index is -0.900. The molecule has 0 aliphatic carbocycles. The van der Waals surface area contributed by atoms with Gasteiger partial charge in [0.2, 0.25) is 0 Å². The Bertz CT molecular complexity index is 937. The Kier molecular flexibility index (Phi) is 2.47. The first kappa shape index (κ1) is 12.0. The lowest BCUT2D eigenvalue weighted by molar-refractivity contribution is 0.510. The molecule has 21 heavy (non-hydrogen) atoms. The maximum Gasteiger partial charge on any atom is 0.161 e. The molecule has 0 aliphatic rings. The van der Waals surface area contributed by atoms with Crippen LogP contribution in [-0.4, -0.2) is 15.0 Å². The normalized spacial score (nSPS) is 11.3. The van der Waals surface area contributed by atoms with E-state index in [1.807, 2.05) is 30.3 Å². The molecule has 4 rings (SSSR count). The van der Waals surface area contributed by atoms with E-state index in [0.717, 1.165) is 28.6 Å². The number of fused-ring (bicyclic) bond motifs is 2. The lowest BCUT2D eigenvalue weighted by Gasteiger charge is -1.99. The Balaban J connectivity index is 1.91. The zero-order chi connectivity index (χ0) is 14.4. The van der Waals surface area contributed by atoms with Crippen molar-refractivity contribution < 1.29 is 8.78 Å². The average molecular weight is 281 g/mol. The van der Waals surface area contributed by atoms with Crippen molar-refractivity contribution in [2.45, 2.75) is 0 Å². The summed E-state index contributed by atoms with van der Waals surface area (Å²) >= 11 is 0. The second-order valence-electron chi connectivity index (χ2n) is 4.78. The van der Waals surface area contributed by atoms with Crippen molar-refractivity contribution in [2.75, 3.05) is 0 Å². The summed E-state index contributed by atoms with van der Waals surface area (Å²) < 4.78 is 26.5. The van der Waals surface area contributed by atoms with Crippen LogP contribution in [0.5, 0.6) is 0 Å². The van der Waals surface area contributed by atoms with Crippen molar-refractivity contribution in [3.8, 4) is 11.4 Å². The Labute approximate surface area is 118 Å². The second kappa shape index (κ2) is 4.34. The van der Waals surface area contributed by atoms with Crippen LogP contribution in [0.4, 0.5) is 8.78 Å². The third-order valence-corrected chi connectivity index (χ3v) is 3.40.